The van der Waals surface area contributed by atoms with Crippen molar-refractivity contribution in [1.82, 2.24) is 10.6 Å². The molecule has 3 nitrogen and oxygen atoms in total. The van der Waals surface area contributed by atoms with Gasteiger partial charge >= 0.3 is 6.18 Å². The number of rotatable bonds is 6. The molecule has 0 aliphatic carbocycles. The summed E-state index contributed by atoms with van der Waals surface area (Å²) in [5.41, 5.74) is -0.258. The average molecular weight is 274 g/mol. The van der Waals surface area contributed by atoms with Crippen LogP contribution in [-0.2, 0) is 17.5 Å². The topological polar surface area (TPSA) is 41.1 Å². The third kappa shape index (κ3) is 5.74. The number of hydrogen-bond acceptors (Lipinski definition) is 2. The predicted octanol–water partition coefficient (Wildman–Crippen LogP) is 2.32. The van der Waals surface area contributed by atoms with Crippen LogP contribution in [-0.4, -0.2) is 19.5 Å². The first-order chi connectivity index (χ1) is 8.93. The molecule has 0 saturated heterocycles. The highest BCUT2D eigenvalue weighted by atomic mass is 19.4. The van der Waals surface area contributed by atoms with Crippen molar-refractivity contribution >= 4 is 5.91 Å². The van der Waals surface area contributed by atoms with Crippen molar-refractivity contribution in [2.24, 2.45) is 0 Å². The van der Waals surface area contributed by atoms with Crippen LogP contribution in [0.5, 0.6) is 0 Å². The van der Waals surface area contributed by atoms with Crippen molar-refractivity contribution in [2.45, 2.75) is 25.6 Å². The average Bonchev–Trinajstić information content (AvgIpc) is 2.36. The summed E-state index contributed by atoms with van der Waals surface area (Å²) in [7, 11) is 1.79. The van der Waals surface area contributed by atoms with Gasteiger partial charge in [0.1, 0.15) is 0 Å². The standard InChI is InChI=1S/C13H17F3N2O/c1-17-7-3-6-12(19)18-9-10-4-2-5-11(8-10)13(14,15)16/h2,4-5,8,17H,3,6-7,9H2,1H3,(H,18,19). The second-order valence-corrected chi connectivity index (χ2v) is 4.18. The van der Waals surface area contributed by atoms with Gasteiger partial charge in [-0.1, -0.05) is 12.1 Å². The summed E-state index contributed by atoms with van der Waals surface area (Å²) in [4.78, 5) is 11.4. The van der Waals surface area contributed by atoms with Crippen LogP contribution in [0.15, 0.2) is 24.3 Å². The summed E-state index contributed by atoms with van der Waals surface area (Å²) >= 11 is 0. The Morgan fingerprint density at radius 3 is 2.68 bits per heavy atom. The lowest BCUT2D eigenvalue weighted by atomic mass is 10.1. The molecule has 0 aliphatic rings. The molecule has 0 bridgehead atoms. The van der Waals surface area contributed by atoms with Crippen molar-refractivity contribution < 1.29 is 18.0 Å². The number of benzene rings is 1. The van der Waals surface area contributed by atoms with Crippen molar-refractivity contribution in [3.63, 3.8) is 0 Å². The monoisotopic (exact) mass is 274 g/mol. The lowest BCUT2D eigenvalue weighted by molar-refractivity contribution is -0.137. The molecule has 106 valence electrons. The van der Waals surface area contributed by atoms with Crippen molar-refractivity contribution in [2.75, 3.05) is 13.6 Å². The molecule has 2 N–H and O–H groups in total. The lowest BCUT2D eigenvalue weighted by Gasteiger charge is -2.09. The van der Waals surface area contributed by atoms with E-state index in [0.717, 1.165) is 18.7 Å². The summed E-state index contributed by atoms with van der Waals surface area (Å²) in [6.07, 6.45) is -3.29. The number of nitrogens with one attached hydrogen (secondary N) is 2. The van der Waals surface area contributed by atoms with E-state index in [1.165, 1.54) is 6.07 Å². The van der Waals surface area contributed by atoms with Crippen LogP contribution in [0.4, 0.5) is 13.2 Å². The largest absolute Gasteiger partial charge is 0.416 e. The van der Waals surface area contributed by atoms with Crippen LogP contribution in [0.3, 0.4) is 0 Å². The van der Waals surface area contributed by atoms with E-state index >= 15 is 0 Å². The predicted molar refractivity (Wildman–Crippen MR) is 66.5 cm³/mol. The zero-order valence-electron chi connectivity index (χ0n) is 10.7. The maximum absolute atomic E-state index is 12.5. The van der Waals surface area contributed by atoms with Gasteiger partial charge in [0.15, 0.2) is 0 Å². The Balaban J connectivity index is 2.47. The van der Waals surface area contributed by atoms with E-state index < -0.39 is 11.7 Å². The van der Waals surface area contributed by atoms with E-state index in [2.05, 4.69) is 10.6 Å². The summed E-state index contributed by atoms with van der Waals surface area (Å²) in [6, 6.07) is 4.96. The van der Waals surface area contributed by atoms with Gasteiger partial charge in [0.05, 0.1) is 5.56 Å². The molecule has 0 heterocycles. The Hall–Kier alpha value is -1.56. The van der Waals surface area contributed by atoms with E-state index in [1.54, 1.807) is 13.1 Å². The first-order valence-electron chi connectivity index (χ1n) is 6.01. The number of hydrogen-bond donors (Lipinski definition) is 2. The van der Waals surface area contributed by atoms with Crippen LogP contribution in [0.2, 0.25) is 0 Å². The fraction of sp³-hybridized carbons (Fsp3) is 0.462. The number of amides is 1. The Kier molecular flexibility index (Phi) is 5.82. The quantitative estimate of drug-likeness (QED) is 0.782. The number of carbonyl (C=O) groups excluding carboxylic acids is 1. The van der Waals surface area contributed by atoms with Gasteiger partial charge in [-0.3, -0.25) is 4.79 Å². The minimum atomic E-state index is -4.35. The first-order valence-corrected chi connectivity index (χ1v) is 6.01. The molecule has 0 saturated carbocycles. The van der Waals surface area contributed by atoms with Crippen molar-refractivity contribution in [3.8, 4) is 0 Å². The highest BCUT2D eigenvalue weighted by molar-refractivity contribution is 5.75. The van der Waals surface area contributed by atoms with Crippen LogP contribution in [0.25, 0.3) is 0 Å². The molecule has 0 aromatic heterocycles. The van der Waals surface area contributed by atoms with Gasteiger partial charge in [-0.05, 0) is 37.7 Å². The molecule has 0 fully saturated rings. The van der Waals surface area contributed by atoms with Gasteiger partial charge < -0.3 is 10.6 Å². The molecule has 1 rings (SSSR count). The fourth-order valence-electron chi connectivity index (χ4n) is 1.57. The molecule has 0 atom stereocenters. The van der Waals surface area contributed by atoms with Crippen LogP contribution < -0.4 is 10.6 Å². The molecular formula is C13H17F3N2O. The Morgan fingerprint density at radius 1 is 1.32 bits per heavy atom. The van der Waals surface area contributed by atoms with E-state index in [4.69, 9.17) is 0 Å². The fourth-order valence-corrected chi connectivity index (χ4v) is 1.57. The maximum atomic E-state index is 12.5. The second kappa shape index (κ2) is 7.13. The zero-order chi connectivity index (χ0) is 14.3. The Bertz CT molecular complexity index is 419. The number of alkyl halides is 3. The van der Waals surface area contributed by atoms with E-state index in [1.807, 2.05) is 0 Å². The van der Waals surface area contributed by atoms with Crippen LogP contribution in [0.1, 0.15) is 24.0 Å². The normalized spacial score (nSPS) is 11.4. The molecule has 1 aromatic carbocycles. The maximum Gasteiger partial charge on any atom is 0.416 e. The van der Waals surface area contributed by atoms with Gasteiger partial charge in [0.25, 0.3) is 0 Å². The third-order valence-electron chi connectivity index (χ3n) is 2.57. The highest BCUT2D eigenvalue weighted by Crippen LogP contribution is 2.29. The van der Waals surface area contributed by atoms with Crippen molar-refractivity contribution in [1.29, 1.82) is 0 Å². The molecule has 0 radical (unpaired) electrons. The van der Waals surface area contributed by atoms with Gasteiger partial charge in [0.2, 0.25) is 5.91 Å². The van der Waals surface area contributed by atoms with Crippen LogP contribution >= 0.6 is 0 Å². The molecule has 1 amide bonds. The lowest BCUT2D eigenvalue weighted by Crippen LogP contribution is -2.23. The summed E-state index contributed by atoms with van der Waals surface area (Å²) in [5, 5.41) is 5.52. The molecular weight excluding hydrogens is 257 g/mol. The minimum absolute atomic E-state index is 0.113. The first kappa shape index (κ1) is 15.5. The minimum Gasteiger partial charge on any atom is -0.352 e. The smallest absolute Gasteiger partial charge is 0.352 e. The second-order valence-electron chi connectivity index (χ2n) is 4.18. The van der Waals surface area contributed by atoms with Gasteiger partial charge in [-0.15, -0.1) is 0 Å². The van der Waals surface area contributed by atoms with Gasteiger partial charge in [-0.2, -0.15) is 13.2 Å². The van der Waals surface area contributed by atoms with Crippen molar-refractivity contribution in [3.05, 3.63) is 35.4 Å². The highest BCUT2D eigenvalue weighted by Gasteiger charge is 2.30. The van der Waals surface area contributed by atoms with E-state index in [-0.39, 0.29) is 12.5 Å². The molecule has 0 unspecified atom stereocenters. The third-order valence-corrected chi connectivity index (χ3v) is 2.57. The molecule has 19 heavy (non-hydrogen) atoms. The number of halogens is 3. The van der Waals surface area contributed by atoms with Crippen LogP contribution in [0, 0.1) is 0 Å². The summed E-state index contributed by atoms with van der Waals surface area (Å²) < 4.78 is 37.4. The van der Waals surface area contributed by atoms with E-state index in [9.17, 15) is 18.0 Å². The molecule has 6 heteroatoms. The molecule has 1 aromatic rings. The van der Waals surface area contributed by atoms with Gasteiger partial charge in [0, 0.05) is 13.0 Å². The summed E-state index contributed by atoms with van der Waals surface area (Å²) in [5.74, 6) is -0.160. The molecule has 0 spiro atoms. The van der Waals surface area contributed by atoms with Gasteiger partial charge in [-0.25, -0.2) is 0 Å². The summed E-state index contributed by atoms with van der Waals surface area (Å²) in [6.45, 7) is 0.847. The molecule has 0 aliphatic heterocycles. The Labute approximate surface area is 110 Å². The number of carbonyl (C=O) groups is 1. The van der Waals surface area contributed by atoms with E-state index in [0.29, 0.717) is 18.4 Å². The Morgan fingerprint density at radius 2 is 2.05 bits per heavy atom. The zero-order valence-corrected chi connectivity index (χ0v) is 10.7. The SMILES string of the molecule is CNCCCC(=O)NCc1cccc(C(F)(F)F)c1.